The molecule has 0 unspecified atom stereocenters. The van der Waals surface area contributed by atoms with Crippen molar-refractivity contribution in [2.45, 2.75) is 56.9 Å². The fourth-order valence-electron chi connectivity index (χ4n) is 4.11. The van der Waals surface area contributed by atoms with E-state index in [9.17, 15) is 4.79 Å². The summed E-state index contributed by atoms with van der Waals surface area (Å²) in [5.41, 5.74) is 1.23. The second kappa shape index (κ2) is 6.82. The molecule has 4 heterocycles. The van der Waals surface area contributed by atoms with Gasteiger partial charge in [-0.3, -0.25) is 19.2 Å². The molecule has 0 bridgehead atoms. The Morgan fingerprint density at radius 3 is 2.96 bits per heavy atom. The molecule has 0 saturated carbocycles. The molecule has 132 valence electrons. The van der Waals surface area contributed by atoms with Crippen molar-refractivity contribution in [1.82, 2.24) is 19.7 Å². The first-order valence-electron chi connectivity index (χ1n) is 9.02. The Hall–Kier alpha value is -1.44. The van der Waals surface area contributed by atoms with Gasteiger partial charge >= 0.3 is 0 Å². The lowest BCUT2D eigenvalue weighted by atomic mass is 9.98. The van der Waals surface area contributed by atoms with Crippen LogP contribution in [0, 0.1) is 0 Å². The molecular formula is C17H26N4O3. The number of aromatic nitrogens is 2. The average molecular weight is 334 g/mol. The zero-order valence-electron chi connectivity index (χ0n) is 14.3. The van der Waals surface area contributed by atoms with Crippen molar-refractivity contribution >= 4 is 5.91 Å². The number of fused-ring (bicyclic) bond motifs is 1. The minimum Gasteiger partial charge on any atom is -0.363 e. The van der Waals surface area contributed by atoms with E-state index in [2.05, 4.69) is 16.2 Å². The maximum Gasteiger partial charge on any atom is 0.275 e. The molecule has 0 spiro atoms. The summed E-state index contributed by atoms with van der Waals surface area (Å²) >= 11 is 0. The second-order valence-electron chi connectivity index (χ2n) is 7.07. The monoisotopic (exact) mass is 334 g/mol. The van der Waals surface area contributed by atoms with E-state index in [1.807, 2.05) is 17.9 Å². The number of hydroxylamine groups is 2. The number of amides is 1. The molecule has 1 aromatic heterocycles. The molecule has 0 N–H and O–H groups in total. The van der Waals surface area contributed by atoms with Gasteiger partial charge in [0.1, 0.15) is 6.10 Å². The Morgan fingerprint density at radius 1 is 1.29 bits per heavy atom. The summed E-state index contributed by atoms with van der Waals surface area (Å²) in [4.78, 5) is 20.5. The molecule has 7 nitrogen and oxygen atoms in total. The van der Waals surface area contributed by atoms with Crippen LogP contribution in [0.3, 0.4) is 0 Å². The van der Waals surface area contributed by atoms with Gasteiger partial charge in [0.15, 0.2) is 0 Å². The number of hydrogen-bond donors (Lipinski definition) is 0. The molecular weight excluding hydrogens is 308 g/mol. The van der Waals surface area contributed by atoms with Crippen molar-refractivity contribution in [3.8, 4) is 0 Å². The molecule has 1 amide bonds. The Morgan fingerprint density at radius 2 is 2.21 bits per heavy atom. The number of ether oxygens (including phenoxy) is 1. The molecule has 3 atom stereocenters. The van der Waals surface area contributed by atoms with Crippen LogP contribution in [-0.2, 0) is 28.0 Å². The van der Waals surface area contributed by atoms with Crippen molar-refractivity contribution in [3.63, 3.8) is 0 Å². The lowest BCUT2D eigenvalue weighted by molar-refractivity contribution is -0.213. The molecule has 0 aromatic carbocycles. The highest BCUT2D eigenvalue weighted by Crippen LogP contribution is 2.33. The Balaban J connectivity index is 1.34. The van der Waals surface area contributed by atoms with E-state index in [0.717, 1.165) is 45.2 Å². The molecule has 7 heteroatoms. The molecule has 3 saturated heterocycles. The van der Waals surface area contributed by atoms with Crippen molar-refractivity contribution in [2.75, 3.05) is 19.7 Å². The summed E-state index contributed by atoms with van der Waals surface area (Å²) in [6.07, 6.45) is 8.66. The van der Waals surface area contributed by atoms with E-state index < -0.39 is 0 Å². The normalized spacial score (nSPS) is 31.2. The van der Waals surface area contributed by atoms with Gasteiger partial charge in [0.05, 0.1) is 18.9 Å². The lowest BCUT2D eigenvalue weighted by Crippen LogP contribution is -2.49. The molecule has 1 aromatic rings. The highest BCUT2D eigenvalue weighted by Gasteiger charge is 2.42. The van der Waals surface area contributed by atoms with Gasteiger partial charge in [0, 0.05) is 44.5 Å². The molecule has 4 rings (SSSR count). The van der Waals surface area contributed by atoms with E-state index in [1.54, 1.807) is 0 Å². The number of aryl methyl sites for hydroxylation is 1. The van der Waals surface area contributed by atoms with Crippen LogP contribution in [0.15, 0.2) is 12.4 Å². The van der Waals surface area contributed by atoms with Crippen LogP contribution < -0.4 is 0 Å². The summed E-state index contributed by atoms with van der Waals surface area (Å²) in [5, 5.41) is 5.77. The Bertz CT molecular complexity index is 584. The first-order valence-corrected chi connectivity index (χ1v) is 9.02. The van der Waals surface area contributed by atoms with Crippen LogP contribution in [0.5, 0.6) is 0 Å². The third-order valence-electron chi connectivity index (χ3n) is 5.33. The van der Waals surface area contributed by atoms with E-state index in [-0.39, 0.29) is 18.1 Å². The first-order chi connectivity index (χ1) is 11.7. The van der Waals surface area contributed by atoms with Crippen LogP contribution in [0.4, 0.5) is 0 Å². The van der Waals surface area contributed by atoms with Gasteiger partial charge in [-0.2, -0.15) is 5.10 Å². The summed E-state index contributed by atoms with van der Waals surface area (Å²) in [5.74, 6) is 0.0128. The van der Waals surface area contributed by atoms with Crippen molar-refractivity contribution in [2.24, 2.45) is 7.05 Å². The van der Waals surface area contributed by atoms with Gasteiger partial charge in [0.2, 0.25) is 0 Å². The van der Waals surface area contributed by atoms with Gasteiger partial charge < -0.3 is 4.74 Å². The fourth-order valence-corrected chi connectivity index (χ4v) is 4.11. The molecule has 0 aliphatic carbocycles. The number of hydrogen-bond acceptors (Lipinski definition) is 5. The quantitative estimate of drug-likeness (QED) is 0.828. The maximum absolute atomic E-state index is 12.6. The van der Waals surface area contributed by atoms with E-state index >= 15 is 0 Å². The topological polar surface area (TPSA) is 59.8 Å². The van der Waals surface area contributed by atoms with Gasteiger partial charge in [0.25, 0.3) is 5.91 Å². The smallest absolute Gasteiger partial charge is 0.275 e. The third kappa shape index (κ3) is 3.20. The van der Waals surface area contributed by atoms with Crippen LogP contribution in [-0.4, -0.2) is 63.6 Å². The number of nitrogens with zero attached hydrogens (tertiary/aromatic N) is 4. The van der Waals surface area contributed by atoms with Crippen molar-refractivity contribution in [1.29, 1.82) is 0 Å². The minimum atomic E-state index is -0.331. The maximum atomic E-state index is 12.6. The highest BCUT2D eigenvalue weighted by molar-refractivity contribution is 5.80. The lowest BCUT2D eigenvalue weighted by Gasteiger charge is -2.37. The number of carbonyl (C=O) groups is 1. The molecule has 3 aliphatic heterocycles. The zero-order valence-corrected chi connectivity index (χ0v) is 14.3. The molecule has 0 radical (unpaired) electrons. The Kier molecular flexibility index (Phi) is 4.56. The largest absolute Gasteiger partial charge is 0.363 e. The predicted molar refractivity (Wildman–Crippen MR) is 86.8 cm³/mol. The van der Waals surface area contributed by atoms with Crippen molar-refractivity contribution < 1.29 is 14.4 Å². The third-order valence-corrected chi connectivity index (χ3v) is 5.33. The first kappa shape index (κ1) is 16.1. The summed E-state index contributed by atoms with van der Waals surface area (Å²) in [6.45, 7) is 3.26. The highest BCUT2D eigenvalue weighted by atomic mass is 16.7. The average Bonchev–Trinajstić information content (AvgIpc) is 3.21. The standard InChI is InChI=1S/C17H26N4O3/c1-19-11-13(10-18-19)12-20-8-6-15-14(20)4-5-16(24-15)17(22)21-7-2-3-9-23-21/h10-11,14-16H,2-9,12H2,1H3/t14-,15-,16+/m0/s1. The summed E-state index contributed by atoms with van der Waals surface area (Å²) in [6, 6.07) is 0.413. The number of rotatable bonds is 3. The summed E-state index contributed by atoms with van der Waals surface area (Å²) in [7, 11) is 1.94. The molecule has 3 fully saturated rings. The Labute approximate surface area is 142 Å². The second-order valence-corrected chi connectivity index (χ2v) is 7.07. The predicted octanol–water partition coefficient (Wildman–Crippen LogP) is 1.10. The van der Waals surface area contributed by atoms with Crippen LogP contribution >= 0.6 is 0 Å². The van der Waals surface area contributed by atoms with Crippen LogP contribution in [0.1, 0.15) is 37.7 Å². The van der Waals surface area contributed by atoms with E-state index in [0.29, 0.717) is 19.2 Å². The minimum absolute atomic E-state index is 0.0128. The fraction of sp³-hybridized carbons (Fsp3) is 0.765. The molecule has 24 heavy (non-hydrogen) atoms. The van der Waals surface area contributed by atoms with Gasteiger partial charge in [-0.05, 0) is 32.1 Å². The zero-order chi connectivity index (χ0) is 16.5. The van der Waals surface area contributed by atoms with Gasteiger partial charge in [-0.15, -0.1) is 0 Å². The number of likely N-dealkylation sites (tertiary alicyclic amines) is 1. The van der Waals surface area contributed by atoms with E-state index in [1.165, 1.54) is 10.6 Å². The van der Waals surface area contributed by atoms with Crippen molar-refractivity contribution in [3.05, 3.63) is 18.0 Å². The van der Waals surface area contributed by atoms with Gasteiger partial charge in [-0.25, -0.2) is 5.06 Å². The SMILES string of the molecule is Cn1cc(CN2CC[C@@H]3O[C@@H](C(=O)N4CCCCO4)CC[C@@H]32)cn1. The van der Waals surface area contributed by atoms with E-state index in [4.69, 9.17) is 9.57 Å². The van der Waals surface area contributed by atoms with Crippen LogP contribution in [0.2, 0.25) is 0 Å². The molecule has 3 aliphatic rings. The summed E-state index contributed by atoms with van der Waals surface area (Å²) < 4.78 is 8.01. The van der Waals surface area contributed by atoms with Gasteiger partial charge in [-0.1, -0.05) is 0 Å². The number of carbonyl (C=O) groups excluding carboxylic acids is 1. The van der Waals surface area contributed by atoms with Crippen LogP contribution in [0.25, 0.3) is 0 Å².